The first-order valence-corrected chi connectivity index (χ1v) is 7.41. The van der Waals surface area contributed by atoms with Crippen LogP contribution in [0.4, 0.5) is 0 Å². The number of hydrogen-bond acceptors (Lipinski definition) is 4. The van der Waals surface area contributed by atoms with Crippen molar-refractivity contribution < 1.29 is 14.3 Å². The fourth-order valence-corrected chi connectivity index (χ4v) is 2.43. The second-order valence-corrected chi connectivity index (χ2v) is 5.35. The third kappa shape index (κ3) is 3.22. The number of fused-ring (bicyclic) bond motifs is 1. The molecule has 6 heteroatoms. The SMILES string of the molecule is N#C[C@H](NC(=O)c1cccc2c1OCCO2)c1ccc(Cl)cc1. The van der Waals surface area contributed by atoms with E-state index in [2.05, 4.69) is 11.4 Å². The van der Waals surface area contributed by atoms with Gasteiger partial charge in [-0.25, -0.2) is 0 Å². The highest BCUT2D eigenvalue weighted by molar-refractivity contribution is 6.30. The number of carbonyl (C=O) groups is 1. The molecule has 1 aliphatic heterocycles. The molecule has 0 saturated carbocycles. The number of nitrogens with zero attached hydrogens (tertiary/aromatic N) is 1. The number of halogens is 1. The third-order valence-electron chi connectivity index (χ3n) is 3.42. The topological polar surface area (TPSA) is 71.4 Å². The van der Waals surface area contributed by atoms with E-state index < -0.39 is 11.9 Å². The zero-order valence-electron chi connectivity index (χ0n) is 12.1. The van der Waals surface area contributed by atoms with Crippen LogP contribution in [0.1, 0.15) is 22.0 Å². The van der Waals surface area contributed by atoms with Gasteiger partial charge in [0.15, 0.2) is 11.5 Å². The minimum Gasteiger partial charge on any atom is -0.486 e. The highest BCUT2D eigenvalue weighted by atomic mass is 35.5. The Hall–Kier alpha value is -2.71. The molecule has 0 radical (unpaired) electrons. The second kappa shape index (κ2) is 6.59. The lowest BCUT2D eigenvalue weighted by Gasteiger charge is -2.21. The molecule has 1 aliphatic rings. The number of amides is 1. The normalized spacial score (nSPS) is 13.7. The number of rotatable bonds is 3. The molecule has 3 rings (SSSR count). The molecule has 116 valence electrons. The molecule has 1 heterocycles. The van der Waals surface area contributed by atoms with Gasteiger partial charge in [0, 0.05) is 5.02 Å². The molecule has 2 aromatic carbocycles. The van der Waals surface area contributed by atoms with Crippen LogP contribution >= 0.6 is 11.6 Å². The molecule has 2 aromatic rings. The molecule has 0 saturated heterocycles. The number of nitriles is 1. The van der Waals surface area contributed by atoms with Crippen molar-refractivity contribution in [3.8, 4) is 17.6 Å². The van der Waals surface area contributed by atoms with E-state index in [0.29, 0.717) is 40.9 Å². The smallest absolute Gasteiger partial charge is 0.256 e. The van der Waals surface area contributed by atoms with E-state index in [-0.39, 0.29) is 0 Å². The van der Waals surface area contributed by atoms with Crippen LogP contribution in [0.25, 0.3) is 0 Å². The average Bonchev–Trinajstić information content (AvgIpc) is 2.60. The summed E-state index contributed by atoms with van der Waals surface area (Å²) in [5.74, 6) is 0.543. The van der Waals surface area contributed by atoms with Gasteiger partial charge in [0.05, 0.1) is 11.6 Å². The zero-order valence-corrected chi connectivity index (χ0v) is 12.8. The van der Waals surface area contributed by atoms with Gasteiger partial charge < -0.3 is 14.8 Å². The maximum Gasteiger partial charge on any atom is 0.256 e. The first-order chi connectivity index (χ1) is 11.2. The molecular weight excluding hydrogens is 316 g/mol. The molecule has 1 N–H and O–H groups in total. The van der Waals surface area contributed by atoms with E-state index in [9.17, 15) is 10.1 Å². The molecule has 0 bridgehead atoms. The van der Waals surface area contributed by atoms with E-state index in [4.69, 9.17) is 21.1 Å². The summed E-state index contributed by atoms with van der Waals surface area (Å²) in [6.07, 6.45) is 0. The summed E-state index contributed by atoms with van der Waals surface area (Å²) in [7, 11) is 0. The second-order valence-electron chi connectivity index (χ2n) is 4.92. The number of para-hydroxylation sites is 1. The fraction of sp³-hybridized carbons (Fsp3) is 0.176. The van der Waals surface area contributed by atoms with Gasteiger partial charge in [-0.05, 0) is 29.8 Å². The van der Waals surface area contributed by atoms with Crippen molar-refractivity contribution in [2.24, 2.45) is 0 Å². The highest BCUT2D eigenvalue weighted by Crippen LogP contribution is 2.33. The van der Waals surface area contributed by atoms with E-state index in [1.54, 1.807) is 42.5 Å². The standard InChI is InChI=1S/C17H13ClN2O3/c18-12-6-4-11(5-7-12)14(10-19)20-17(21)13-2-1-3-15-16(13)23-9-8-22-15/h1-7,14H,8-9H2,(H,20,21)/t14-/m0/s1. The van der Waals surface area contributed by atoms with Crippen LogP contribution in [0.5, 0.6) is 11.5 Å². The van der Waals surface area contributed by atoms with Crippen LogP contribution in [0.2, 0.25) is 5.02 Å². The highest BCUT2D eigenvalue weighted by Gasteiger charge is 2.22. The average molecular weight is 329 g/mol. The lowest BCUT2D eigenvalue weighted by molar-refractivity contribution is 0.0934. The summed E-state index contributed by atoms with van der Waals surface area (Å²) in [6, 6.07) is 13.1. The number of benzene rings is 2. The monoisotopic (exact) mass is 328 g/mol. The first-order valence-electron chi connectivity index (χ1n) is 7.03. The number of nitrogens with one attached hydrogen (secondary N) is 1. The molecule has 0 aliphatic carbocycles. The van der Waals surface area contributed by atoms with E-state index >= 15 is 0 Å². The van der Waals surface area contributed by atoms with Crippen molar-refractivity contribution in [2.45, 2.75) is 6.04 Å². The Labute approximate surface area is 138 Å². The maximum absolute atomic E-state index is 12.5. The van der Waals surface area contributed by atoms with Crippen LogP contribution in [0.15, 0.2) is 42.5 Å². The summed E-state index contributed by atoms with van der Waals surface area (Å²) in [5.41, 5.74) is 1.00. The quantitative estimate of drug-likeness (QED) is 0.939. The Balaban J connectivity index is 1.83. The first kappa shape index (κ1) is 15.2. The van der Waals surface area contributed by atoms with Crippen LogP contribution < -0.4 is 14.8 Å². The van der Waals surface area contributed by atoms with Gasteiger partial charge in [0.1, 0.15) is 19.3 Å². The molecule has 5 nitrogen and oxygen atoms in total. The minimum atomic E-state index is -0.778. The molecular formula is C17H13ClN2O3. The van der Waals surface area contributed by atoms with Crippen molar-refractivity contribution in [3.63, 3.8) is 0 Å². The Morgan fingerprint density at radius 3 is 2.65 bits per heavy atom. The largest absolute Gasteiger partial charge is 0.486 e. The van der Waals surface area contributed by atoms with E-state index in [1.807, 2.05) is 0 Å². The molecule has 1 atom stereocenters. The molecule has 0 unspecified atom stereocenters. The number of carbonyl (C=O) groups excluding carboxylic acids is 1. The number of ether oxygens (including phenoxy) is 2. The van der Waals surface area contributed by atoms with Gasteiger partial charge in [-0.3, -0.25) is 4.79 Å². The van der Waals surface area contributed by atoms with Crippen LogP contribution in [0, 0.1) is 11.3 Å². The van der Waals surface area contributed by atoms with Gasteiger partial charge in [0.25, 0.3) is 5.91 Å². The van der Waals surface area contributed by atoms with Crippen molar-refractivity contribution in [3.05, 3.63) is 58.6 Å². The van der Waals surface area contributed by atoms with Gasteiger partial charge in [-0.1, -0.05) is 29.8 Å². The van der Waals surface area contributed by atoms with Crippen LogP contribution in [-0.4, -0.2) is 19.1 Å². The lowest BCUT2D eigenvalue weighted by atomic mass is 10.1. The predicted octanol–water partition coefficient (Wildman–Crippen LogP) is 3.11. The van der Waals surface area contributed by atoms with Gasteiger partial charge in [-0.15, -0.1) is 0 Å². The summed E-state index contributed by atoms with van der Waals surface area (Å²) in [4.78, 5) is 12.5. The fourth-order valence-electron chi connectivity index (χ4n) is 2.31. The Bertz CT molecular complexity index is 768. The predicted molar refractivity (Wildman–Crippen MR) is 84.7 cm³/mol. The summed E-state index contributed by atoms with van der Waals surface area (Å²) >= 11 is 5.84. The maximum atomic E-state index is 12.5. The van der Waals surface area contributed by atoms with E-state index in [1.165, 1.54) is 0 Å². The van der Waals surface area contributed by atoms with Gasteiger partial charge >= 0.3 is 0 Å². The molecule has 23 heavy (non-hydrogen) atoms. The van der Waals surface area contributed by atoms with Gasteiger partial charge in [-0.2, -0.15) is 5.26 Å². The molecule has 1 amide bonds. The Morgan fingerprint density at radius 2 is 1.91 bits per heavy atom. The van der Waals surface area contributed by atoms with Crippen molar-refractivity contribution in [1.29, 1.82) is 5.26 Å². The molecule has 0 aromatic heterocycles. The van der Waals surface area contributed by atoms with Crippen LogP contribution in [0.3, 0.4) is 0 Å². The van der Waals surface area contributed by atoms with Crippen molar-refractivity contribution in [1.82, 2.24) is 5.32 Å². The third-order valence-corrected chi connectivity index (χ3v) is 3.67. The molecule has 0 fully saturated rings. The van der Waals surface area contributed by atoms with E-state index in [0.717, 1.165) is 0 Å². The minimum absolute atomic E-state index is 0.344. The van der Waals surface area contributed by atoms with Gasteiger partial charge in [0.2, 0.25) is 0 Å². The summed E-state index contributed by atoms with van der Waals surface area (Å²) in [5, 5.41) is 12.6. The Morgan fingerprint density at radius 1 is 1.17 bits per heavy atom. The summed E-state index contributed by atoms with van der Waals surface area (Å²) in [6.45, 7) is 0.833. The van der Waals surface area contributed by atoms with Crippen molar-refractivity contribution in [2.75, 3.05) is 13.2 Å². The summed E-state index contributed by atoms with van der Waals surface area (Å²) < 4.78 is 11.0. The number of hydrogen-bond donors (Lipinski definition) is 1. The Kier molecular flexibility index (Phi) is 4.35. The van der Waals surface area contributed by atoms with Crippen LogP contribution in [-0.2, 0) is 0 Å². The zero-order chi connectivity index (χ0) is 16.2. The lowest BCUT2D eigenvalue weighted by Crippen LogP contribution is -2.29. The molecule has 0 spiro atoms. The van der Waals surface area contributed by atoms with Crippen molar-refractivity contribution >= 4 is 17.5 Å².